The highest BCUT2D eigenvalue weighted by atomic mass is 16.5. The van der Waals surface area contributed by atoms with Gasteiger partial charge in [-0.05, 0) is 24.1 Å². The maximum Gasteiger partial charge on any atom is 0.303 e. The molecule has 0 atom stereocenters. The molecule has 0 saturated heterocycles. The molecule has 0 aliphatic heterocycles. The summed E-state index contributed by atoms with van der Waals surface area (Å²) in [5.74, 6) is 0.327. The van der Waals surface area contributed by atoms with Gasteiger partial charge in [0.2, 0.25) is 0 Å². The molecule has 0 aliphatic carbocycles. The molecular formula is C16H15NO3. The first-order valence-electron chi connectivity index (χ1n) is 6.17. The quantitative estimate of drug-likeness (QED) is 0.629. The smallest absolute Gasteiger partial charge is 0.303 e. The molecule has 1 aromatic heterocycles. The number of nitrogens with zero attached hydrogens (tertiary/aromatic N) is 1. The van der Waals surface area contributed by atoms with E-state index in [-0.39, 0.29) is 12.6 Å². The molecule has 0 radical (unpaired) electrons. The summed E-state index contributed by atoms with van der Waals surface area (Å²) in [4.78, 5) is 10.9. The summed E-state index contributed by atoms with van der Waals surface area (Å²) in [5, 5.41) is 3.96. The highest BCUT2D eigenvalue weighted by Crippen LogP contribution is 2.31. The zero-order chi connectivity index (χ0) is 14.5. The molecule has 0 bridgehead atoms. The van der Waals surface area contributed by atoms with Gasteiger partial charge in [0.05, 0.1) is 5.56 Å². The van der Waals surface area contributed by atoms with E-state index in [0.717, 1.165) is 16.7 Å². The van der Waals surface area contributed by atoms with Crippen molar-refractivity contribution in [3.8, 4) is 11.1 Å². The molecule has 0 spiro atoms. The normalized spacial score (nSPS) is 9.90. The van der Waals surface area contributed by atoms with Gasteiger partial charge in [0.25, 0.3) is 0 Å². The summed E-state index contributed by atoms with van der Waals surface area (Å²) in [6, 6.07) is 7.77. The summed E-state index contributed by atoms with van der Waals surface area (Å²) in [5.41, 5.74) is 6.11. The molecular weight excluding hydrogens is 254 g/mol. The summed E-state index contributed by atoms with van der Waals surface area (Å²) in [7, 11) is 0. The first-order valence-corrected chi connectivity index (χ1v) is 6.17. The fourth-order valence-electron chi connectivity index (χ4n) is 1.99. The Hall–Kier alpha value is -2.58. The zero-order valence-electron chi connectivity index (χ0n) is 11.5. The number of benzene rings is 1. The number of hydrogen-bond acceptors (Lipinski definition) is 4. The number of aromatic nitrogens is 1. The van der Waals surface area contributed by atoms with Crippen LogP contribution < -0.4 is 0 Å². The van der Waals surface area contributed by atoms with Crippen LogP contribution in [0.5, 0.6) is 0 Å². The van der Waals surface area contributed by atoms with Crippen molar-refractivity contribution in [3.63, 3.8) is 0 Å². The topological polar surface area (TPSA) is 52.3 Å². The first kappa shape index (κ1) is 13.8. The lowest BCUT2D eigenvalue weighted by Crippen LogP contribution is -2.00. The average molecular weight is 269 g/mol. The van der Waals surface area contributed by atoms with Gasteiger partial charge in [-0.2, -0.15) is 0 Å². The standard InChI is InChI=1S/C16H15NO3/c1-4-7-13-8-5-6-9-14(13)16-11(2)20-17-15(16)10-19-12(3)18/h5-9H,1,10H2,2-3H3. The first-order chi connectivity index (χ1) is 9.63. The van der Waals surface area contributed by atoms with Crippen LogP contribution in [0.2, 0.25) is 0 Å². The van der Waals surface area contributed by atoms with Gasteiger partial charge in [-0.1, -0.05) is 36.0 Å². The Morgan fingerprint density at radius 1 is 1.50 bits per heavy atom. The van der Waals surface area contributed by atoms with Crippen LogP contribution in [-0.4, -0.2) is 11.1 Å². The molecule has 0 aliphatic rings. The minimum atomic E-state index is -0.351. The number of carbonyl (C=O) groups is 1. The Kier molecular flexibility index (Phi) is 4.18. The number of esters is 1. The molecule has 0 unspecified atom stereocenters. The molecule has 1 aromatic carbocycles. The van der Waals surface area contributed by atoms with E-state index in [0.29, 0.717) is 11.5 Å². The van der Waals surface area contributed by atoms with Crippen LogP contribution in [0.25, 0.3) is 17.2 Å². The number of ether oxygens (including phenoxy) is 1. The van der Waals surface area contributed by atoms with E-state index in [9.17, 15) is 4.79 Å². The average Bonchev–Trinajstić information content (AvgIpc) is 2.79. The largest absolute Gasteiger partial charge is 0.459 e. The SMILES string of the molecule is C=C=Cc1ccccc1-c1c(COC(C)=O)noc1C. The van der Waals surface area contributed by atoms with Crippen molar-refractivity contribution < 1.29 is 14.1 Å². The fourth-order valence-corrected chi connectivity index (χ4v) is 1.99. The number of aryl methyl sites for hydroxylation is 1. The van der Waals surface area contributed by atoms with E-state index in [2.05, 4.69) is 17.5 Å². The molecule has 1 heterocycles. The summed E-state index contributed by atoms with van der Waals surface area (Å²) < 4.78 is 10.2. The summed E-state index contributed by atoms with van der Waals surface area (Å²) in [6.07, 6.45) is 1.79. The molecule has 0 saturated carbocycles. The third kappa shape index (κ3) is 2.87. The van der Waals surface area contributed by atoms with Crippen LogP contribution in [0.1, 0.15) is 23.9 Å². The molecule has 0 fully saturated rings. The Morgan fingerprint density at radius 2 is 2.25 bits per heavy atom. The number of carbonyl (C=O) groups excluding carboxylic acids is 1. The van der Waals surface area contributed by atoms with Crippen molar-refractivity contribution in [2.24, 2.45) is 0 Å². The maximum atomic E-state index is 10.9. The third-order valence-corrected chi connectivity index (χ3v) is 2.83. The molecule has 4 heteroatoms. The lowest BCUT2D eigenvalue weighted by atomic mass is 9.98. The molecule has 20 heavy (non-hydrogen) atoms. The van der Waals surface area contributed by atoms with Gasteiger partial charge in [-0.15, -0.1) is 5.73 Å². The fraction of sp³-hybridized carbons (Fsp3) is 0.188. The predicted molar refractivity (Wildman–Crippen MR) is 75.8 cm³/mol. The van der Waals surface area contributed by atoms with E-state index in [4.69, 9.17) is 9.26 Å². The van der Waals surface area contributed by atoms with Crippen LogP contribution in [0.15, 0.2) is 41.1 Å². The van der Waals surface area contributed by atoms with Crippen molar-refractivity contribution in [3.05, 3.63) is 53.6 Å². The van der Waals surface area contributed by atoms with Gasteiger partial charge >= 0.3 is 5.97 Å². The van der Waals surface area contributed by atoms with E-state index in [1.165, 1.54) is 6.92 Å². The molecule has 2 aromatic rings. The van der Waals surface area contributed by atoms with Crippen molar-refractivity contribution in [2.75, 3.05) is 0 Å². The van der Waals surface area contributed by atoms with Gasteiger partial charge in [-0.25, -0.2) is 0 Å². The Balaban J connectivity index is 2.49. The lowest BCUT2D eigenvalue weighted by molar-refractivity contribution is -0.142. The van der Waals surface area contributed by atoms with E-state index in [1.807, 2.05) is 31.2 Å². The molecule has 2 rings (SSSR count). The van der Waals surface area contributed by atoms with Gasteiger partial charge < -0.3 is 9.26 Å². The molecule has 4 nitrogen and oxygen atoms in total. The second-order valence-electron chi connectivity index (χ2n) is 4.28. The van der Waals surface area contributed by atoms with E-state index >= 15 is 0 Å². The van der Waals surface area contributed by atoms with Crippen LogP contribution in [0.3, 0.4) is 0 Å². The van der Waals surface area contributed by atoms with Gasteiger partial charge in [-0.3, -0.25) is 4.79 Å². The minimum absolute atomic E-state index is 0.0914. The molecule has 102 valence electrons. The highest BCUT2D eigenvalue weighted by Gasteiger charge is 2.17. The van der Waals surface area contributed by atoms with Crippen molar-refractivity contribution in [1.29, 1.82) is 0 Å². The van der Waals surface area contributed by atoms with Gasteiger partial charge in [0.15, 0.2) is 0 Å². The van der Waals surface area contributed by atoms with Gasteiger partial charge in [0.1, 0.15) is 18.1 Å². The van der Waals surface area contributed by atoms with Gasteiger partial charge in [0, 0.05) is 6.92 Å². The maximum absolute atomic E-state index is 10.9. The summed E-state index contributed by atoms with van der Waals surface area (Å²) >= 11 is 0. The Bertz CT molecular complexity index is 679. The number of rotatable bonds is 4. The van der Waals surface area contributed by atoms with Crippen molar-refractivity contribution in [1.82, 2.24) is 5.16 Å². The van der Waals surface area contributed by atoms with E-state index in [1.54, 1.807) is 6.08 Å². The lowest BCUT2D eigenvalue weighted by Gasteiger charge is -2.06. The van der Waals surface area contributed by atoms with Crippen molar-refractivity contribution in [2.45, 2.75) is 20.5 Å². The van der Waals surface area contributed by atoms with Crippen LogP contribution >= 0.6 is 0 Å². The zero-order valence-corrected chi connectivity index (χ0v) is 11.5. The second kappa shape index (κ2) is 6.04. The van der Waals surface area contributed by atoms with Crippen LogP contribution in [-0.2, 0) is 16.1 Å². The molecule has 0 amide bonds. The minimum Gasteiger partial charge on any atom is -0.459 e. The summed E-state index contributed by atoms with van der Waals surface area (Å²) in [6.45, 7) is 6.87. The third-order valence-electron chi connectivity index (χ3n) is 2.83. The van der Waals surface area contributed by atoms with Crippen LogP contribution in [0, 0.1) is 6.92 Å². The molecule has 0 N–H and O–H groups in total. The number of hydrogen-bond donors (Lipinski definition) is 0. The second-order valence-corrected chi connectivity index (χ2v) is 4.28. The van der Waals surface area contributed by atoms with Crippen molar-refractivity contribution >= 4 is 12.0 Å². The Labute approximate surface area is 117 Å². The Morgan fingerprint density at radius 3 is 2.95 bits per heavy atom. The highest BCUT2D eigenvalue weighted by molar-refractivity contribution is 5.77. The van der Waals surface area contributed by atoms with Crippen LogP contribution in [0.4, 0.5) is 0 Å². The van der Waals surface area contributed by atoms with E-state index < -0.39 is 0 Å². The predicted octanol–water partition coefficient (Wildman–Crippen LogP) is 3.51. The monoisotopic (exact) mass is 269 g/mol.